The molecule has 1 saturated carbocycles. The van der Waals surface area contributed by atoms with E-state index < -0.39 is 6.10 Å². The first-order valence-electron chi connectivity index (χ1n) is 12.4. The number of anilines is 1. The van der Waals surface area contributed by atoms with E-state index in [-0.39, 0.29) is 5.91 Å². The third kappa shape index (κ3) is 5.97. The van der Waals surface area contributed by atoms with Gasteiger partial charge in [0.25, 0.3) is 0 Å². The van der Waals surface area contributed by atoms with E-state index in [4.69, 9.17) is 4.74 Å². The number of aliphatic hydroxyl groups excluding tert-OH is 1. The fraction of sp³-hybridized carbons (Fsp3) is 0.429. The summed E-state index contributed by atoms with van der Waals surface area (Å²) in [5.74, 6) is 1.92. The van der Waals surface area contributed by atoms with Crippen LogP contribution in [0, 0.1) is 5.92 Å². The van der Waals surface area contributed by atoms with Crippen LogP contribution >= 0.6 is 11.8 Å². The van der Waals surface area contributed by atoms with Gasteiger partial charge in [0.2, 0.25) is 5.91 Å². The van der Waals surface area contributed by atoms with Crippen LogP contribution in [-0.2, 0) is 17.8 Å². The molecule has 7 heteroatoms. The van der Waals surface area contributed by atoms with E-state index in [2.05, 4.69) is 33.8 Å². The molecule has 0 bridgehead atoms. The maximum atomic E-state index is 11.7. The lowest BCUT2D eigenvalue weighted by atomic mass is 9.81. The first kappa shape index (κ1) is 24.1. The standard InChI is InChI=1S/C28H33N3O3S/c1-34-23-7-8-24-21(15-23)14-20(10-11-29-24)26(32)13-18-2-5-22(6-3-18)30-16-19-4-9-27-25(12-19)31-28(33)17-35-27/h4,7-12,15,18,22,26,30,32H,2-3,5-6,13-14,16-17H2,1H3,(H,31,33). The van der Waals surface area contributed by atoms with Crippen LogP contribution in [0.25, 0.3) is 0 Å². The summed E-state index contributed by atoms with van der Waals surface area (Å²) in [6.45, 7) is 0.806. The number of aliphatic imine (C=N–C) groups is 1. The zero-order valence-electron chi connectivity index (χ0n) is 20.1. The normalized spacial score (nSPS) is 22.3. The van der Waals surface area contributed by atoms with E-state index in [0.29, 0.717) is 24.1 Å². The van der Waals surface area contributed by atoms with Crippen LogP contribution in [0.5, 0.6) is 5.75 Å². The third-order valence-electron chi connectivity index (χ3n) is 7.29. The second kappa shape index (κ2) is 11.0. The molecular formula is C28H33N3O3S. The molecular weight excluding hydrogens is 458 g/mol. The Bertz CT molecular complexity index is 1140. The van der Waals surface area contributed by atoms with Gasteiger partial charge in [-0.05, 0) is 97.6 Å². The first-order valence-corrected chi connectivity index (χ1v) is 13.4. The predicted molar refractivity (Wildman–Crippen MR) is 142 cm³/mol. The maximum absolute atomic E-state index is 11.7. The Morgan fingerprint density at radius 1 is 1.20 bits per heavy atom. The average Bonchev–Trinajstić information content (AvgIpc) is 3.10. The minimum absolute atomic E-state index is 0.0731. The van der Waals surface area contributed by atoms with E-state index >= 15 is 0 Å². The number of hydrogen-bond donors (Lipinski definition) is 3. The van der Waals surface area contributed by atoms with Gasteiger partial charge < -0.3 is 20.5 Å². The second-order valence-corrected chi connectivity index (χ2v) is 10.7. The summed E-state index contributed by atoms with van der Waals surface area (Å²) in [6.07, 6.45) is 9.32. The molecule has 35 heavy (non-hydrogen) atoms. The molecule has 3 N–H and O–H groups in total. The smallest absolute Gasteiger partial charge is 0.234 e. The largest absolute Gasteiger partial charge is 0.497 e. The molecule has 1 atom stereocenters. The van der Waals surface area contributed by atoms with E-state index in [1.165, 1.54) is 5.56 Å². The molecule has 184 valence electrons. The Labute approximate surface area is 211 Å². The fourth-order valence-corrected chi connectivity index (χ4v) is 6.04. The van der Waals surface area contributed by atoms with Gasteiger partial charge in [0.15, 0.2) is 0 Å². The van der Waals surface area contributed by atoms with Crippen LogP contribution in [0.1, 0.15) is 43.2 Å². The van der Waals surface area contributed by atoms with E-state index in [0.717, 1.165) is 71.8 Å². The van der Waals surface area contributed by atoms with E-state index in [9.17, 15) is 9.90 Å². The molecule has 0 spiro atoms. The number of nitrogens with zero attached hydrogens (tertiary/aromatic N) is 1. The van der Waals surface area contributed by atoms with Crippen molar-refractivity contribution in [2.45, 2.75) is 62.1 Å². The SMILES string of the molecule is COc1ccc2c(c1)CC(C(O)CC1CCC(NCc3ccc4c(c3)NC(=O)CS4)CC1)=CC=N2. The van der Waals surface area contributed by atoms with Crippen molar-refractivity contribution in [1.82, 2.24) is 5.32 Å². The Morgan fingerprint density at radius 2 is 2.06 bits per heavy atom. The highest BCUT2D eigenvalue weighted by Crippen LogP contribution is 2.34. The zero-order chi connectivity index (χ0) is 24.2. The summed E-state index contributed by atoms with van der Waals surface area (Å²) in [5.41, 5.74) is 5.19. The van der Waals surface area contributed by atoms with Gasteiger partial charge in [-0.1, -0.05) is 6.07 Å². The molecule has 2 aromatic carbocycles. The number of ether oxygens (including phenoxy) is 1. The van der Waals surface area contributed by atoms with Crippen LogP contribution in [-0.4, -0.2) is 42.2 Å². The van der Waals surface area contributed by atoms with Crippen molar-refractivity contribution in [2.75, 3.05) is 18.2 Å². The molecule has 0 saturated heterocycles. The number of nitrogens with one attached hydrogen (secondary N) is 2. The van der Waals surface area contributed by atoms with Crippen molar-refractivity contribution in [3.8, 4) is 5.75 Å². The predicted octanol–water partition coefficient (Wildman–Crippen LogP) is 5.02. The number of hydrogen-bond acceptors (Lipinski definition) is 6. The van der Waals surface area contributed by atoms with Gasteiger partial charge in [0.05, 0.1) is 30.3 Å². The van der Waals surface area contributed by atoms with Crippen molar-refractivity contribution < 1.29 is 14.6 Å². The fourth-order valence-electron chi connectivity index (χ4n) is 5.25. The zero-order valence-corrected chi connectivity index (χ0v) is 20.9. The molecule has 1 amide bonds. The van der Waals surface area contributed by atoms with E-state index in [1.807, 2.05) is 30.5 Å². The summed E-state index contributed by atoms with van der Waals surface area (Å²) in [6, 6.07) is 12.8. The van der Waals surface area contributed by atoms with Gasteiger partial charge in [-0.2, -0.15) is 0 Å². The Kier molecular flexibility index (Phi) is 7.56. The van der Waals surface area contributed by atoms with Crippen molar-refractivity contribution in [2.24, 2.45) is 10.9 Å². The van der Waals surface area contributed by atoms with Crippen molar-refractivity contribution >= 4 is 35.3 Å². The average molecular weight is 492 g/mol. The molecule has 2 aliphatic heterocycles. The van der Waals surface area contributed by atoms with Gasteiger partial charge in [0, 0.05) is 23.7 Å². The number of methoxy groups -OCH3 is 1. The van der Waals surface area contributed by atoms with E-state index in [1.54, 1.807) is 18.9 Å². The molecule has 0 aromatic heterocycles. The number of aliphatic hydroxyl groups is 1. The number of benzene rings is 2. The number of amides is 1. The van der Waals surface area contributed by atoms with Gasteiger partial charge in [-0.3, -0.25) is 9.79 Å². The molecule has 3 aliphatic rings. The molecule has 5 rings (SSSR count). The number of carbonyl (C=O) groups excluding carboxylic acids is 1. The summed E-state index contributed by atoms with van der Waals surface area (Å²) in [4.78, 5) is 17.3. The number of fused-ring (bicyclic) bond motifs is 2. The topological polar surface area (TPSA) is 83.0 Å². The summed E-state index contributed by atoms with van der Waals surface area (Å²) < 4.78 is 5.37. The third-order valence-corrected chi connectivity index (χ3v) is 8.36. The Morgan fingerprint density at radius 3 is 2.89 bits per heavy atom. The molecule has 2 heterocycles. The number of thioether (sulfide) groups is 1. The lowest BCUT2D eigenvalue weighted by Crippen LogP contribution is -2.33. The maximum Gasteiger partial charge on any atom is 0.234 e. The summed E-state index contributed by atoms with van der Waals surface area (Å²) >= 11 is 1.60. The van der Waals surface area contributed by atoms with Gasteiger partial charge in [-0.15, -0.1) is 11.8 Å². The highest BCUT2D eigenvalue weighted by molar-refractivity contribution is 8.00. The number of allylic oxidation sites excluding steroid dienone is 1. The summed E-state index contributed by atoms with van der Waals surface area (Å²) in [7, 11) is 1.67. The Hall–Kier alpha value is -2.61. The van der Waals surface area contributed by atoms with Crippen LogP contribution < -0.4 is 15.4 Å². The monoisotopic (exact) mass is 491 g/mol. The lowest BCUT2D eigenvalue weighted by molar-refractivity contribution is -0.113. The second-order valence-electron chi connectivity index (χ2n) is 9.71. The van der Waals surface area contributed by atoms with Crippen molar-refractivity contribution in [3.63, 3.8) is 0 Å². The van der Waals surface area contributed by atoms with Crippen LogP contribution in [0.15, 0.2) is 57.9 Å². The van der Waals surface area contributed by atoms with Gasteiger partial charge >= 0.3 is 0 Å². The highest BCUT2D eigenvalue weighted by Gasteiger charge is 2.25. The molecule has 1 unspecified atom stereocenters. The number of rotatable bonds is 7. The van der Waals surface area contributed by atoms with Crippen molar-refractivity contribution in [1.29, 1.82) is 0 Å². The van der Waals surface area contributed by atoms with Gasteiger partial charge in [-0.25, -0.2) is 0 Å². The summed E-state index contributed by atoms with van der Waals surface area (Å²) in [5, 5.41) is 17.7. The van der Waals surface area contributed by atoms with Crippen LogP contribution in [0.3, 0.4) is 0 Å². The molecule has 2 aromatic rings. The molecule has 1 fully saturated rings. The minimum atomic E-state index is -0.448. The quantitative estimate of drug-likeness (QED) is 0.506. The highest BCUT2D eigenvalue weighted by atomic mass is 32.2. The van der Waals surface area contributed by atoms with Crippen LogP contribution in [0.2, 0.25) is 0 Å². The molecule has 0 radical (unpaired) electrons. The lowest BCUT2D eigenvalue weighted by Gasteiger charge is -2.31. The first-order chi connectivity index (χ1) is 17.1. The molecule has 1 aliphatic carbocycles. The molecule has 6 nitrogen and oxygen atoms in total. The van der Waals surface area contributed by atoms with Crippen LogP contribution in [0.4, 0.5) is 11.4 Å². The Balaban J connectivity index is 1.09. The number of carbonyl (C=O) groups is 1. The van der Waals surface area contributed by atoms with Gasteiger partial charge in [0.1, 0.15) is 5.75 Å². The minimum Gasteiger partial charge on any atom is -0.497 e. The van der Waals surface area contributed by atoms with Crippen molar-refractivity contribution in [3.05, 3.63) is 59.2 Å².